The second kappa shape index (κ2) is 13.7. The Bertz CT molecular complexity index is 899. The molecule has 6 nitrogen and oxygen atoms in total. The Morgan fingerprint density at radius 2 is 1.71 bits per heavy atom. The standard InChI is InChI=1S/C24H31N5O.HI/c1-3-25-24(26-16-10-11-17-29(2)22-14-8-5-9-15-22)27-18-21-19-30-23(28-21)20-12-6-4-7-13-20;/h4-9,12-15,19H,3,10-11,16-18H2,1-2H3,(H2,25,26,27);1H. The molecule has 0 fully saturated rings. The molecule has 0 aliphatic rings. The van der Waals surface area contributed by atoms with Crippen LogP contribution in [0.2, 0.25) is 0 Å². The molecule has 0 atom stereocenters. The largest absolute Gasteiger partial charge is 0.444 e. The summed E-state index contributed by atoms with van der Waals surface area (Å²) < 4.78 is 5.59. The fourth-order valence-corrected chi connectivity index (χ4v) is 3.09. The van der Waals surface area contributed by atoms with Crippen LogP contribution in [0.25, 0.3) is 11.5 Å². The van der Waals surface area contributed by atoms with E-state index >= 15 is 0 Å². The maximum Gasteiger partial charge on any atom is 0.226 e. The molecule has 0 aliphatic carbocycles. The van der Waals surface area contributed by atoms with Crippen molar-refractivity contribution < 1.29 is 4.42 Å². The second-order valence-corrected chi connectivity index (χ2v) is 7.10. The van der Waals surface area contributed by atoms with Crippen LogP contribution in [0.4, 0.5) is 5.69 Å². The summed E-state index contributed by atoms with van der Waals surface area (Å²) in [5.74, 6) is 1.43. The molecule has 1 aromatic heterocycles. The number of benzene rings is 2. The highest BCUT2D eigenvalue weighted by molar-refractivity contribution is 14.0. The molecule has 0 bridgehead atoms. The summed E-state index contributed by atoms with van der Waals surface area (Å²) in [6.07, 6.45) is 3.86. The fraction of sp³-hybridized carbons (Fsp3) is 0.333. The molecule has 2 aromatic carbocycles. The average Bonchev–Trinajstić information content (AvgIpc) is 3.27. The SMILES string of the molecule is CCNC(=NCc1coc(-c2ccccc2)n1)NCCCCN(C)c1ccccc1.I. The number of oxazole rings is 1. The van der Waals surface area contributed by atoms with E-state index in [1.807, 2.05) is 36.4 Å². The van der Waals surface area contributed by atoms with E-state index in [1.165, 1.54) is 5.69 Å². The second-order valence-electron chi connectivity index (χ2n) is 7.10. The van der Waals surface area contributed by atoms with Gasteiger partial charge < -0.3 is 20.0 Å². The van der Waals surface area contributed by atoms with E-state index in [0.29, 0.717) is 12.4 Å². The fourth-order valence-electron chi connectivity index (χ4n) is 3.09. The average molecular weight is 533 g/mol. The van der Waals surface area contributed by atoms with E-state index < -0.39 is 0 Å². The summed E-state index contributed by atoms with van der Waals surface area (Å²) >= 11 is 0. The van der Waals surface area contributed by atoms with Crippen LogP contribution in [0.5, 0.6) is 0 Å². The van der Waals surface area contributed by atoms with E-state index in [-0.39, 0.29) is 24.0 Å². The molecular weight excluding hydrogens is 501 g/mol. The van der Waals surface area contributed by atoms with E-state index in [2.05, 4.69) is 63.7 Å². The molecular formula is C24H32IN5O. The van der Waals surface area contributed by atoms with Crippen molar-refractivity contribution in [2.45, 2.75) is 26.3 Å². The Labute approximate surface area is 202 Å². The molecule has 2 N–H and O–H groups in total. The van der Waals surface area contributed by atoms with Crippen molar-refractivity contribution in [2.24, 2.45) is 4.99 Å². The number of unbranched alkanes of at least 4 members (excludes halogenated alkanes) is 1. The summed E-state index contributed by atoms with van der Waals surface area (Å²) in [5, 5.41) is 6.69. The topological polar surface area (TPSA) is 65.7 Å². The number of rotatable bonds is 10. The van der Waals surface area contributed by atoms with Crippen LogP contribution in [-0.4, -0.2) is 37.6 Å². The predicted octanol–water partition coefficient (Wildman–Crippen LogP) is 4.93. The van der Waals surface area contributed by atoms with Gasteiger partial charge in [-0.25, -0.2) is 9.98 Å². The highest BCUT2D eigenvalue weighted by Gasteiger charge is 2.06. The zero-order valence-corrected chi connectivity index (χ0v) is 20.6. The van der Waals surface area contributed by atoms with Gasteiger partial charge in [0.05, 0.1) is 6.54 Å². The minimum Gasteiger partial charge on any atom is -0.444 e. The molecule has 0 saturated carbocycles. The molecule has 0 spiro atoms. The van der Waals surface area contributed by atoms with Crippen LogP contribution >= 0.6 is 24.0 Å². The maximum absolute atomic E-state index is 5.59. The zero-order chi connectivity index (χ0) is 21.0. The lowest BCUT2D eigenvalue weighted by atomic mass is 10.2. The van der Waals surface area contributed by atoms with Crippen molar-refractivity contribution in [1.82, 2.24) is 15.6 Å². The predicted molar refractivity (Wildman–Crippen MR) is 139 cm³/mol. The third-order valence-electron chi connectivity index (χ3n) is 4.73. The molecule has 0 amide bonds. The summed E-state index contributed by atoms with van der Waals surface area (Å²) in [4.78, 5) is 11.5. The van der Waals surface area contributed by atoms with E-state index in [4.69, 9.17) is 4.42 Å². The maximum atomic E-state index is 5.59. The highest BCUT2D eigenvalue weighted by atomic mass is 127. The van der Waals surface area contributed by atoms with Gasteiger partial charge in [-0.3, -0.25) is 0 Å². The Morgan fingerprint density at radius 3 is 2.42 bits per heavy atom. The summed E-state index contributed by atoms with van der Waals surface area (Å²) in [6.45, 7) is 5.26. The first-order valence-electron chi connectivity index (χ1n) is 10.5. The van der Waals surface area contributed by atoms with Gasteiger partial charge in [0, 0.05) is 37.9 Å². The number of halogens is 1. The van der Waals surface area contributed by atoms with Gasteiger partial charge in [-0.2, -0.15) is 0 Å². The molecule has 0 saturated heterocycles. The zero-order valence-electron chi connectivity index (χ0n) is 18.3. The number of hydrogen-bond donors (Lipinski definition) is 2. The smallest absolute Gasteiger partial charge is 0.226 e. The van der Waals surface area contributed by atoms with Gasteiger partial charge in [-0.15, -0.1) is 24.0 Å². The van der Waals surface area contributed by atoms with Gasteiger partial charge in [0.15, 0.2) is 5.96 Å². The number of aliphatic imine (C=N–C) groups is 1. The third kappa shape index (κ3) is 8.24. The van der Waals surface area contributed by atoms with Crippen LogP contribution in [0, 0.1) is 0 Å². The van der Waals surface area contributed by atoms with Gasteiger partial charge in [0.2, 0.25) is 5.89 Å². The molecule has 1 heterocycles. The number of hydrogen-bond acceptors (Lipinski definition) is 4. The lowest BCUT2D eigenvalue weighted by molar-refractivity contribution is 0.572. The molecule has 31 heavy (non-hydrogen) atoms. The normalized spacial score (nSPS) is 11.0. The van der Waals surface area contributed by atoms with Crippen molar-refractivity contribution in [1.29, 1.82) is 0 Å². The molecule has 166 valence electrons. The Hall–Kier alpha value is -2.55. The van der Waals surface area contributed by atoms with Gasteiger partial charge >= 0.3 is 0 Å². The van der Waals surface area contributed by atoms with Crippen molar-refractivity contribution in [3.63, 3.8) is 0 Å². The summed E-state index contributed by atoms with van der Waals surface area (Å²) in [6, 6.07) is 20.4. The van der Waals surface area contributed by atoms with Gasteiger partial charge in [0.25, 0.3) is 0 Å². The molecule has 0 unspecified atom stereocenters. The number of guanidine groups is 1. The minimum atomic E-state index is 0. The van der Waals surface area contributed by atoms with Crippen LogP contribution in [0.15, 0.2) is 76.3 Å². The number of nitrogens with one attached hydrogen (secondary N) is 2. The first-order chi connectivity index (χ1) is 14.8. The van der Waals surface area contributed by atoms with Crippen LogP contribution < -0.4 is 15.5 Å². The van der Waals surface area contributed by atoms with Crippen LogP contribution in [0.3, 0.4) is 0 Å². The monoisotopic (exact) mass is 533 g/mol. The van der Waals surface area contributed by atoms with Crippen LogP contribution in [0.1, 0.15) is 25.5 Å². The molecule has 7 heteroatoms. The first-order valence-corrected chi connectivity index (χ1v) is 10.5. The Balaban J connectivity index is 0.00000341. The first kappa shape index (κ1) is 24.7. The lowest BCUT2D eigenvalue weighted by Crippen LogP contribution is -2.38. The molecule has 3 rings (SSSR count). The van der Waals surface area contributed by atoms with Gasteiger partial charge in [-0.1, -0.05) is 36.4 Å². The number of aromatic nitrogens is 1. The van der Waals surface area contributed by atoms with Crippen LogP contribution in [-0.2, 0) is 6.54 Å². The van der Waals surface area contributed by atoms with Gasteiger partial charge in [0.1, 0.15) is 12.0 Å². The molecule has 3 aromatic rings. The molecule has 0 aliphatic heterocycles. The van der Waals surface area contributed by atoms with Crippen molar-refractivity contribution in [2.75, 3.05) is 31.6 Å². The summed E-state index contributed by atoms with van der Waals surface area (Å²) in [7, 11) is 2.13. The number of nitrogens with zero attached hydrogens (tertiary/aromatic N) is 3. The van der Waals surface area contributed by atoms with Crippen molar-refractivity contribution >= 4 is 35.6 Å². The van der Waals surface area contributed by atoms with Gasteiger partial charge in [-0.05, 0) is 44.0 Å². The van der Waals surface area contributed by atoms with E-state index in [9.17, 15) is 0 Å². The third-order valence-corrected chi connectivity index (χ3v) is 4.73. The number of anilines is 1. The quantitative estimate of drug-likeness (QED) is 0.168. The lowest BCUT2D eigenvalue weighted by Gasteiger charge is -2.19. The number of para-hydroxylation sites is 1. The van der Waals surface area contributed by atoms with E-state index in [0.717, 1.165) is 49.7 Å². The highest BCUT2D eigenvalue weighted by Crippen LogP contribution is 2.18. The Morgan fingerprint density at radius 1 is 1.00 bits per heavy atom. The summed E-state index contributed by atoms with van der Waals surface area (Å²) in [5.41, 5.74) is 3.04. The van der Waals surface area contributed by atoms with Crippen molar-refractivity contribution in [3.05, 3.63) is 72.6 Å². The Kier molecular flexibility index (Phi) is 10.9. The van der Waals surface area contributed by atoms with E-state index in [1.54, 1.807) is 6.26 Å². The van der Waals surface area contributed by atoms with Crippen molar-refractivity contribution in [3.8, 4) is 11.5 Å². The minimum absolute atomic E-state index is 0. The molecule has 0 radical (unpaired) electrons.